The third kappa shape index (κ3) is 9.80. The second kappa shape index (κ2) is 13.4. The molecule has 0 aliphatic carbocycles. The van der Waals surface area contributed by atoms with Crippen molar-refractivity contribution < 1.29 is 42.2 Å². The van der Waals surface area contributed by atoms with Gasteiger partial charge in [0.2, 0.25) is 0 Å². The quantitative estimate of drug-likeness (QED) is 0.151. The van der Waals surface area contributed by atoms with Crippen LogP contribution in [0.4, 0.5) is 4.79 Å². The van der Waals surface area contributed by atoms with Crippen LogP contribution in [0, 0.1) is 5.92 Å². The first-order valence-corrected chi connectivity index (χ1v) is 11.7. The molecule has 180 valence electrons. The number of esters is 2. The zero-order valence-corrected chi connectivity index (χ0v) is 20.4. The van der Waals surface area contributed by atoms with E-state index in [1.54, 1.807) is 48.5 Å². The molecule has 11 nitrogen and oxygen atoms in total. The summed E-state index contributed by atoms with van der Waals surface area (Å²) in [6.45, 7) is 12.5. The van der Waals surface area contributed by atoms with Crippen molar-refractivity contribution in [1.29, 1.82) is 0 Å². The van der Waals surface area contributed by atoms with Crippen LogP contribution in [0.15, 0.2) is 5.10 Å². The largest absolute Gasteiger partial charge is 0.465 e. The predicted molar refractivity (Wildman–Crippen MR) is 114 cm³/mol. The fraction of sp³-hybridized carbons (Fsp3) is 0.789. The summed E-state index contributed by atoms with van der Waals surface area (Å²) in [5.41, 5.74) is -0.376. The van der Waals surface area contributed by atoms with E-state index >= 15 is 0 Å². The Morgan fingerprint density at radius 1 is 0.903 bits per heavy atom. The number of hydrazone groups is 1. The number of amides is 1. The van der Waals surface area contributed by atoms with Crippen molar-refractivity contribution in [2.75, 3.05) is 26.4 Å². The maximum absolute atomic E-state index is 13.5. The van der Waals surface area contributed by atoms with Gasteiger partial charge in [-0.1, -0.05) is 0 Å². The smallest absolute Gasteiger partial charge is 0.428 e. The highest BCUT2D eigenvalue weighted by molar-refractivity contribution is 7.55. The van der Waals surface area contributed by atoms with E-state index in [0.29, 0.717) is 0 Å². The molecule has 2 unspecified atom stereocenters. The molecule has 2 atom stereocenters. The van der Waals surface area contributed by atoms with Crippen LogP contribution >= 0.6 is 7.60 Å². The molecule has 0 spiro atoms. The van der Waals surface area contributed by atoms with Gasteiger partial charge in [0.25, 0.3) is 0 Å². The first-order valence-electron chi connectivity index (χ1n) is 10.1. The number of carbonyl (C=O) groups excluding carboxylic acids is 3. The lowest BCUT2D eigenvalue weighted by atomic mass is 10.00. The first kappa shape index (κ1) is 29.0. The normalized spacial score (nSPS) is 14.4. The van der Waals surface area contributed by atoms with E-state index in [4.69, 9.17) is 23.3 Å². The molecule has 0 heterocycles. The third-order valence-corrected chi connectivity index (χ3v) is 5.94. The summed E-state index contributed by atoms with van der Waals surface area (Å²) >= 11 is 0. The van der Waals surface area contributed by atoms with E-state index in [9.17, 15) is 18.9 Å². The molecule has 0 bridgehead atoms. The molecule has 0 aromatic carbocycles. The van der Waals surface area contributed by atoms with Crippen LogP contribution in [0.1, 0.15) is 55.4 Å². The number of carbonyl (C=O) groups is 3. The molecule has 0 fully saturated rings. The number of ether oxygens (including phenoxy) is 3. The second-order valence-electron chi connectivity index (χ2n) is 7.17. The van der Waals surface area contributed by atoms with Gasteiger partial charge in [-0.05, 0) is 55.4 Å². The van der Waals surface area contributed by atoms with E-state index < -0.39 is 42.8 Å². The summed E-state index contributed by atoms with van der Waals surface area (Å²) < 4.78 is 39.3. The van der Waals surface area contributed by atoms with Gasteiger partial charge in [0.1, 0.15) is 11.5 Å². The topological polar surface area (TPSA) is 139 Å². The summed E-state index contributed by atoms with van der Waals surface area (Å²) in [5, 5.41) is 3.86. The lowest BCUT2D eigenvalue weighted by Gasteiger charge is -2.29. The fourth-order valence-electron chi connectivity index (χ4n) is 2.50. The Labute approximate surface area is 183 Å². The first-order chi connectivity index (χ1) is 14.4. The summed E-state index contributed by atoms with van der Waals surface area (Å²) in [7, 11) is -4.18. The Morgan fingerprint density at radius 2 is 1.39 bits per heavy atom. The number of hydrogen-bond donors (Lipinski definition) is 1. The summed E-state index contributed by atoms with van der Waals surface area (Å²) in [6.07, 6.45) is -0.875. The molecule has 31 heavy (non-hydrogen) atoms. The molecule has 0 aliphatic heterocycles. The minimum atomic E-state index is -4.18. The van der Waals surface area contributed by atoms with Crippen molar-refractivity contribution in [3.05, 3.63) is 0 Å². The predicted octanol–water partition coefficient (Wildman–Crippen LogP) is 3.26. The minimum Gasteiger partial charge on any atom is -0.465 e. The summed E-state index contributed by atoms with van der Waals surface area (Å²) in [5.74, 6) is -3.37. The molecule has 0 saturated heterocycles. The summed E-state index contributed by atoms with van der Waals surface area (Å²) in [4.78, 5) is 37.5. The molecule has 0 rings (SSSR count). The highest BCUT2D eigenvalue weighted by Gasteiger charge is 2.52. The number of rotatable bonds is 12. The number of hydrogen-bond acceptors (Lipinski definition) is 10. The van der Waals surface area contributed by atoms with Gasteiger partial charge < -0.3 is 23.3 Å². The second-order valence-corrected chi connectivity index (χ2v) is 9.32. The van der Waals surface area contributed by atoms with Crippen LogP contribution in [-0.4, -0.2) is 61.4 Å². The highest BCUT2D eigenvalue weighted by atomic mass is 31.2. The van der Waals surface area contributed by atoms with Gasteiger partial charge in [0, 0.05) is 0 Å². The van der Waals surface area contributed by atoms with Crippen molar-refractivity contribution in [3.63, 3.8) is 0 Å². The molecule has 12 heteroatoms. The van der Waals surface area contributed by atoms with Crippen LogP contribution in [0.3, 0.4) is 0 Å². The molecule has 0 aromatic heterocycles. The fourth-order valence-corrected chi connectivity index (χ4v) is 4.65. The molecule has 0 aromatic rings. The van der Waals surface area contributed by atoms with E-state index in [2.05, 4.69) is 10.5 Å². The van der Waals surface area contributed by atoms with E-state index in [0.717, 1.165) is 0 Å². The third-order valence-electron chi connectivity index (χ3n) is 3.52. The van der Waals surface area contributed by atoms with Gasteiger partial charge in [-0.15, -0.1) is 0 Å². The van der Waals surface area contributed by atoms with Crippen molar-refractivity contribution in [3.8, 4) is 0 Å². The monoisotopic (exact) mass is 466 g/mol. The molecule has 1 amide bonds. The zero-order chi connectivity index (χ0) is 24.2. The lowest BCUT2D eigenvalue weighted by Crippen LogP contribution is -2.43. The molecular formula is C19H35N2O9P. The van der Waals surface area contributed by atoms with Crippen molar-refractivity contribution in [2.45, 2.75) is 66.6 Å². The Morgan fingerprint density at radius 3 is 1.81 bits per heavy atom. The Kier molecular flexibility index (Phi) is 12.6. The Balaban J connectivity index is 6.30. The Hall–Kier alpha value is -1.97. The van der Waals surface area contributed by atoms with Gasteiger partial charge in [-0.2, -0.15) is 5.10 Å². The lowest BCUT2D eigenvalue weighted by molar-refractivity contribution is -0.152. The van der Waals surface area contributed by atoms with Crippen molar-refractivity contribution >= 4 is 31.3 Å². The van der Waals surface area contributed by atoms with Gasteiger partial charge in [-0.25, -0.2) is 10.2 Å². The van der Waals surface area contributed by atoms with Crippen LogP contribution in [0.5, 0.6) is 0 Å². The van der Waals surface area contributed by atoms with E-state index in [1.807, 2.05) is 0 Å². The zero-order valence-electron chi connectivity index (χ0n) is 19.6. The maximum atomic E-state index is 13.5. The average molecular weight is 466 g/mol. The van der Waals surface area contributed by atoms with Crippen molar-refractivity contribution in [1.82, 2.24) is 5.43 Å². The molecule has 0 radical (unpaired) electrons. The van der Waals surface area contributed by atoms with Crippen LogP contribution in [0.2, 0.25) is 0 Å². The van der Waals surface area contributed by atoms with Gasteiger partial charge in [0.15, 0.2) is 5.66 Å². The van der Waals surface area contributed by atoms with E-state index in [1.165, 1.54) is 6.92 Å². The van der Waals surface area contributed by atoms with Gasteiger partial charge in [0.05, 0.1) is 32.1 Å². The maximum Gasteiger partial charge on any atom is 0.428 e. The average Bonchev–Trinajstić information content (AvgIpc) is 2.63. The van der Waals surface area contributed by atoms with Crippen LogP contribution in [-0.2, 0) is 37.4 Å². The summed E-state index contributed by atoms with van der Waals surface area (Å²) in [6, 6.07) is 0. The SMILES string of the molecule is CCOC(=O)C(/C(C)=N/NC(=O)OC(C)(C)C)C(C(=O)OCC)P(=O)(OCC)OCC. The standard InChI is InChI=1S/C19H35N2O9P/c1-9-26-16(22)14(13(5)20-21-18(24)30-19(6,7)8)15(17(23)27-10-2)31(25,28-11-3)29-12-4/h14-15H,9-12H2,1-8H3,(H,21,24)/b20-13+. The van der Waals surface area contributed by atoms with Crippen LogP contribution in [0.25, 0.3) is 0 Å². The molecule has 1 N–H and O–H groups in total. The number of nitrogens with zero attached hydrogens (tertiary/aromatic N) is 1. The van der Waals surface area contributed by atoms with E-state index in [-0.39, 0.29) is 32.1 Å². The number of nitrogens with one attached hydrogen (secondary N) is 1. The molecule has 0 aliphatic rings. The molecule has 0 saturated carbocycles. The highest BCUT2D eigenvalue weighted by Crippen LogP contribution is 2.56. The van der Waals surface area contributed by atoms with Gasteiger partial charge in [-0.3, -0.25) is 14.2 Å². The van der Waals surface area contributed by atoms with Crippen molar-refractivity contribution in [2.24, 2.45) is 11.0 Å². The van der Waals surface area contributed by atoms with Crippen LogP contribution < -0.4 is 5.43 Å². The molecular weight excluding hydrogens is 431 g/mol. The minimum absolute atomic E-state index is 0.00871. The Bertz CT molecular complexity index is 678. The van der Waals surface area contributed by atoms with Gasteiger partial charge >= 0.3 is 25.6 Å².